The van der Waals surface area contributed by atoms with E-state index in [9.17, 15) is 4.79 Å². The van der Waals surface area contributed by atoms with Gasteiger partial charge in [0.1, 0.15) is 6.29 Å². The fraction of sp³-hybridized carbons (Fsp3) is 0.917. The third-order valence-electron chi connectivity index (χ3n) is 3.02. The highest BCUT2D eigenvalue weighted by Gasteiger charge is 2.24. The van der Waals surface area contributed by atoms with Gasteiger partial charge in [-0.1, -0.05) is 0 Å². The lowest BCUT2D eigenvalue weighted by molar-refractivity contribution is -0.108. The third-order valence-corrected chi connectivity index (χ3v) is 3.02. The average Bonchev–Trinajstić information content (AvgIpc) is 2.32. The topological polar surface area (TPSA) is 58.6 Å². The quantitative estimate of drug-likeness (QED) is 0.479. The van der Waals surface area contributed by atoms with Crippen LogP contribution in [0.3, 0.4) is 0 Å². The second-order valence-corrected chi connectivity index (χ2v) is 4.29. The van der Waals surface area contributed by atoms with Gasteiger partial charge in [-0.15, -0.1) is 0 Å². The van der Waals surface area contributed by atoms with Crippen molar-refractivity contribution in [3.05, 3.63) is 0 Å². The summed E-state index contributed by atoms with van der Waals surface area (Å²) in [6.45, 7) is 1.94. The second kappa shape index (κ2) is 8.67. The summed E-state index contributed by atoms with van der Waals surface area (Å²) in [6.07, 6.45) is 6.64. The molecule has 1 heterocycles. The molecule has 2 N–H and O–H groups in total. The molecule has 1 saturated heterocycles. The maximum Gasteiger partial charge on any atom is 0.119 e. The minimum Gasteiger partial charge on any atom is -0.396 e. The standard InChI is InChI=1S/C12H23NO3/c14-8-3-1-5-11-12(6-2-4-9-15)16-10-7-13-11/h9,11-14H,1-8,10H2. The first-order valence-electron chi connectivity index (χ1n) is 6.28. The van der Waals surface area contributed by atoms with Crippen LogP contribution in [0.2, 0.25) is 0 Å². The van der Waals surface area contributed by atoms with Gasteiger partial charge in [0.15, 0.2) is 0 Å². The molecular formula is C12H23NO3. The van der Waals surface area contributed by atoms with Gasteiger partial charge in [-0.2, -0.15) is 0 Å². The Kier molecular flexibility index (Phi) is 7.38. The van der Waals surface area contributed by atoms with E-state index >= 15 is 0 Å². The fourth-order valence-electron chi connectivity index (χ4n) is 2.15. The zero-order valence-corrected chi connectivity index (χ0v) is 9.86. The summed E-state index contributed by atoms with van der Waals surface area (Å²) in [6, 6.07) is 0.395. The van der Waals surface area contributed by atoms with Gasteiger partial charge in [0, 0.05) is 25.6 Å². The first-order chi connectivity index (χ1) is 7.88. The molecule has 2 atom stereocenters. The van der Waals surface area contributed by atoms with Crippen LogP contribution in [0.5, 0.6) is 0 Å². The maximum atomic E-state index is 10.3. The van der Waals surface area contributed by atoms with Crippen LogP contribution in [0.15, 0.2) is 0 Å². The minimum atomic E-state index is 0.243. The molecule has 1 fully saturated rings. The van der Waals surface area contributed by atoms with E-state index in [4.69, 9.17) is 9.84 Å². The molecule has 0 spiro atoms. The third kappa shape index (κ3) is 5.05. The van der Waals surface area contributed by atoms with Gasteiger partial charge in [-0.05, 0) is 32.1 Å². The van der Waals surface area contributed by atoms with Crippen LogP contribution in [0.25, 0.3) is 0 Å². The second-order valence-electron chi connectivity index (χ2n) is 4.29. The SMILES string of the molecule is O=CCCCC1OCCNC1CCCCO. The molecule has 0 bridgehead atoms. The van der Waals surface area contributed by atoms with Crippen molar-refractivity contribution >= 4 is 6.29 Å². The Labute approximate surface area is 97.4 Å². The van der Waals surface area contributed by atoms with Gasteiger partial charge in [0.25, 0.3) is 0 Å². The summed E-state index contributed by atoms with van der Waals surface area (Å²) in [5, 5.41) is 12.2. The van der Waals surface area contributed by atoms with Crippen LogP contribution in [0.1, 0.15) is 38.5 Å². The zero-order valence-electron chi connectivity index (χ0n) is 9.86. The molecule has 4 nitrogen and oxygen atoms in total. The van der Waals surface area contributed by atoms with E-state index in [0.29, 0.717) is 12.5 Å². The van der Waals surface area contributed by atoms with Crippen molar-refractivity contribution in [3.8, 4) is 0 Å². The van der Waals surface area contributed by atoms with E-state index in [2.05, 4.69) is 5.32 Å². The predicted molar refractivity (Wildman–Crippen MR) is 62.4 cm³/mol. The van der Waals surface area contributed by atoms with Crippen LogP contribution < -0.4 is 5.32 Å². The summed E-state index contributed by atoms with van der Waals surface area (Å²) in [7, 11) is 0. The highest BCUT2D eigenvalue weighted by Crippen LogP contribution is 2.16. The van der Waals surface area contributed by atoms with Crippen LogP contribution in [0, 0.1) is 0 Å². The number of unbranched alkanes of at least 4 members (excludes halogenated alkanes) is 2. The van der Waals surface area contributed by atoms with E-state index in [1.807, 2.05) is 0 Å². The van der Waals surface area contributed by atoms with Gasteiger partial charge < -0.3 is 20.0 Å². The number of hydrogen-bond donors (Lipinski definition) is 2. The summed E-state index contributed by atoms with van der Waals surface area (Å²) in [4.78, 5) is 10.3. The molecule has 1 aliphatic rings. The molecule has 0 amide bonds. The Morgan fingerprint density at radius 1 is 1.31 bits per heavy atom. The number of aldehydes is 1. The number of carbonyl (C=O) groups excluding carboxylic acids is 1. The Morgan fingerprint density at radius 3 is 2.94 bits per heavy atom. The largest absolute Gasteiger partial charge is 0.396 e. The first kappa shape index (κ1) is 13.6. The van der Waals surface area contributed by atoms with E-state index in [0.717, 1.165) is 51.5 Å². The molecule has 1 rings (SSSR count). The van der Waals surface area contributed by atoms with Gasteiger partial charge >= 0.3 is 0 Å². The van der Waals surface area contributed by atoms with Gasteiger partial charge in [0.05, 0.1) is 12.7 Å². The molecule has 94 valence electrons. The minimum absolute atomic E-state index is 0.243. The Hall–Kier alpha value is -0.450. The van der Waals surface area contributed by atoms with Crippen LogP contribution in [0.4, 0.5) is 0 Å². The van der Waals surface area contributed by atoms with Gasteiger partial charge in [0.2, 0.25) is 0 Å². The number of hydrogen-bond acceptors (Lipinski definition) is 4. The van der Waals surface area contributed by atoms with Crippen LogP contribution >= 0.6 is 0 Å². The van der Waals surface area contributed by atoms with E-state index < -0.39 is 0 Å². The van der Waals surface area contributed by atoms with Crippen LogP contribution in [-0.4, -0.2) is 43.3 Å². The number of aliphatic hydroxyl groups is 1. The van der Waals surface area contributed by atoms with Crippen molar-refractivity contribution in [1.29, 1.82) is 0 Å². The number of nitrogens with one attached hydrogen (secondary N) is 1. The summed E-state index contributed by atoms with van der Waals surface area (Å²) >= 11 is 0. The first-order valence-corrected chi connectivity index (χ1v) is 6.28. The number of aliphatic hydroxyl groups excluding tert-OH is 1. The fourth-order valence-corrected chi connectivity index (χ4v) is 2.15. The normalized spacial score (nSPS) is 25.6. The summed E-state index contributed by atoms with van der Waals surface area (Å²) in [5.74, 6) is 0. The summed E-state index contributed by atoms with van der Waals surface area (Å²) in [5.41, 5.74) is 0. The molecule has 0 aromatic carbocycles. The Morgan fingerprint density at radius 2 is 2.19 bits per heavy atom. The van der Waals surface area contributed by atoms with Crippen molar-refractivity contribution in [3.63, 3.8) is 0 Å². The number of morpholine rings is 1. The van der Waals surface area contributed by atoms with E-state index in [1.165, 1.54) is 0 Å². The Bertz CT molecular complexity index is 187. The molecule has 0 saturated carbocycles. The monoisotopic (exact) mass is 229 g/mol. The number of carbonyl (C=O) groups is 1. The predicted octanol–water partition coefficient (Wildman–Crippen LogP) is 0.875. The van der Waals surface area contributed by atoms with Crippen molar-refractivity contribution in [2.75, 3.05) is 19.8 Å². The zero-order chi connectivity index (χ0) is 11.6. The lowest BCUT2D eigenvalue weighted by atomic mass is 9.98. The summed E-state index contributed by atoms with van der Waals surface area (Å²) < 4.78 is 5.73. The molecule has 0 aromatic rings. The van der Waals surface area contributed by atoms with E-state index in [1.54, 1.807) is 0 Å². The van der Waals surface area contributed by atoms with Gasteiger partial charge in [-0.25, -0.2) is 0 Å². The number of rotatable bonds is 8. The molecule has 0 aliphatic carbocycles. The lowest BCUT2D eigenvalue weighted by Gasteiger charge is -2.33. The average molecular weight is 229 g/mol. The molecule has 2 unspecified atom stereocenters. The highest BCUT2D eigenvalue weighted by molar-refractivity contribution is 5.48. The molecule has 16 heavy (non-hydrogen) atoms. The van der Waals surface area contributed by atoms with Crippen LogP contribution in [-0.2, 0) is 9.53 Å². The molecule has 0 aromatic heterocycles. The molecule has 1 aliphatic heterocycles. The van der Waals surface area contributed by atoms with Crippen molar-refractivity contribution in [2.24, 2.45) is 0 Å². The van der Waals surface area contributed by atoms with Crippen molar-refractivity contribution in [2.45, 2.75) is 50.7 Å². The van der Waals surface area contributed by atoms with Gasteiger partial charge in [-0.3, -0.25) is 0 Å². The van der Waals surface area contributed by atoms with E-state index in [-0.39, 0.29) is 12.7 Å². The molecule has 0 radical (unpaired) electrons. The number of ether oxygens (including phenoxy) is 1. The lowest BCUT2D eigenvalue weighted by Crippen LogP contribution is -2.48. The molecular weight excluding hydrogens is 206 g/mol. The molecule has 4 heteroatoms. The van der Waals surface area contributed by atoms with Crippen molar-refractivity contribution in [1.82, 2.24) is 5.32 Å². The van der Waals surface area contributed by atoms with Crippen molar-refractivity contribution < 1.29 is 14.6 Å². The smallest absolute Gasteiger partial charge is 0.119 e. The Balaban J connectivity index is 2.23. The maximum absolute atomic E-state index is 10.3. The highest BCUT2D eigenvalue weighted by atomic mass is 16.5.